The summed E-state index contributed by atoms with van der Waals surface area (Å²) < 4.78 is 12.8. The first kappa shape index (κ1) is 18.1. The molecule has 4 rings (SSSR count). The monoisotopic (exact) mass is 364 g/mol. The third-order valence-corrected chi connectivity index (χ3v) is 5.80. The van der Waals surface area contributed by atoms with Crippen molar-refractivity contribution in [1.82, 2.24) is 0 Å². The fourth-order valence-electron chi connectivity index (χ4n) is 4.50. The Morgan fingerprint density at radius 1 is 1.19 bits per heavy atom. The van der Waals surface area contributed by atoms with E-state index in [0.717, 1.165) is 5.56 Å². The van der Waals surface area contributed by atoms with Gasteiger partial charge in [0.25, 0.3) is 0 Å². The van der Waals surface area contributed by atoms with Crippen LogP contribution in [0.2, 0.25) is 0 Å². The van der Waals surface area contributed by atoms with E-state index < -0.39 is 23.1 Å². The van der Waals surface area contributed by atoms with E-state index in [4.69, 9.17) is 9.47 Å². The first-order chi connectivity index (χ1) is 13.0. The number of Topliss-reactive ketones (excluding diaryl/α,β-unsaturated/α-hetero) is 1. The van der Waals surface area contributed by atoms with Crippen LogP contribution < -0.4 is 0 Å². The number of fused-ring (bicyclic) bond motifs is 1. The zero-order chi connectivity index (χ0) is 19.1. The molecule has 4 atom stereocenters. The normalized spacial score (nSPS) is 35.0. The summed E-state index contributed by atoms with van der Waals surface area (Å²) in [4.78, 5) is 13.4. The van der Waals surface area contributed by atoms with E-state index >= 15 is 0 Å². The van der Waals surface area contributed by atoms with Crippen LogP contribution in [0.15, 0.2) is 73.3 Å². The van der Waals surface area contributed by atoms with Gasteiger partial charge in [0.1, 0.15) is 0 Å². The van der Waals surface area contributed by atoms with E-state index in [0.29, 0.717) is 18.4 Å². The maximum atomic E-state index is 13.4. The molecule has 1 aliphatic carbocycles. The summed E-state index contributed by atoms with van der Waals surface area (Å²) >= 11 is 0. The molecule has 27 heavy (non-hydrogen) atoms. The molecule has 0 amide bonds. The highest BCUT2D eigenvalue weighted by Gasteiger charge is 2.70. The summed E-state index contributed by atoms with van der Waals surface area (Å²) in [5.74, 6) is -1.74. The molecule has 2 aliphatic rings. The highest BCUT2D eigenvalue weighted by Crippen LogP contribution is 2.58. The molecule has 2 aromatic carbocycles. The fraction of sp³-hybridized carbons (Fsp3) is 0.348. The first-order valence-electron chi connectivity index (χ1n) is 9.32. The lowest BCUT2D eigenvalue weighted by molar-refractivity contribution is -0.204. The molecular formula is C23H24O4. The number of aliphatic hydroxyl groups is 1. The fourth-order valence-corrected chi connectivity index (χ4v) is 4.50. The van der Waals surface area contributed by atoms with Gasteiger partial charge in [-0.1, -0.05) is 66.7 Å². The lowest BCUT2D eigenvalue weighted by Crippen LogP contribution is -2.52. The van der Waals surface area contributed by atoms with E-state index in [2.05, 4.69) is 6.58 Å². The van der Waals surface area contributed by atoms with Crippen LogP contribution in [0.1, 0.15) is 42.1 Å². The van der Waals surface area contributed by atoms with Gasteiger partial charge in [-0.25, -0.2) is 0 Å². The maximum absolute atomic E-state index is 13.4. The van der Waals surface area contributed by atoms with Crippen molar-refractivity contribution in [2.45, 2.75) is 49.3 Å². The molecule has 2 aromatic rings. The third kappa shape index (κ3) is 2.59. The SMILES string of the molecule is C=CCC1(C(=O)c2ccccc2)OC2CC[C@@](C)(O)[C@]2(c2ccccc2)O1. The Bertz CT molecular complexity index is 845. The number of benzene rings is 2. The van der Waals surface area contributed by atoms with Crippen molar-refractivity contribution in [2.24, 2.45) is 0 Å². The van der Waals surface area contributed by atoms with E-state index in [1.54, 1.807) is 25.1 Å². The Morgan fingerprint density at radius 3 is 2.44 bits per heavy atom. The minimum absolute atomic E-state index is 0.210. The molecule has 2 unspecified atom stereocenters. The molecule has 1 saturated heterocycles. The first-order valence-corrected chi connectivity index (χ1v) is 9.32. The van der Waals surface area contributed by atoms with Gasteiger partial charge in [0.15, 0.2) is 5.60 Å². The standard InChI is InChI=1S/C23H24O4/c1-3-15-22(20(24)17-10-6-4-7-11-17)26-19-14-16-21(2,25)23(19,27-22)18-12-8-5-9-13-18/h3-13,19,25H,1,14-16H2,2H3/t19?,21-,22?,23-/m1/s1. The molecule has 4 nitrogen and oxygen atoms in total. The average Bonchev–Trinajstić information content (AvgIpc) is 3.16. The van der Waals surface area contributed by atoms with E-state index in [1.807, 2.05) is 48.5 Å². The zero-order valence-electron chi connectivity index (χ0n) is 15.4. The minimum Gasteiger partial charge on any atom is -0.387 e. The Kier molecular flexibility index (Phi) is 4.30. The van der Waals surface area contributed by atoms with Gasteiger partial charge >= 0.3 is 0 Å². The molecule has 2 fully saturated rings. The highest BCUT2D eigenvalue weighted by atomic mass is 16.8. The van der Waals surface area contributed by atoms with Crippen LogP contribution in [0.4, 0.5) is 0 Å². The molecular weight excluding hydrogens is 340 g/mol. The van der Waals surface area contributed by atoms with Gasteiger partial charge in [0.05, 0.1) is 11.7 Å². The van der Waals surface area contributed by atoms with E-state index in [9.17, 15) is 9.90 Å². The molecule has 0 aromatic heterocycles. The van der Waals surface area contributed by atoms with Crippen molar-refractivity contribution in [3.05, 3.63) is 84.4 Å². The highest BCUT2D eigenvalue weighted by molar-refractivity contribution is 6.02. The Hall–Kier alpha value is -2.27. The molecule has 1 saturated carbocycles. The third-order valence-electron chi connectivity index (χ3n) is 5.80. The topological polar surface area (TPSA) is 55.8 Å². The van der Waals surface area contributed by atoms with Crippen LogP contribution in [-0.2, 0) is 15.1 Å². The number of carbonyl (C=O) groups excluding carboxylic acids is 1. The summed E-state index contributed by atoms with van der Waals surface area (Å²) in [5.41, 5.74) is -0.910. The Balaban J connectivity index is 1.84. The van der Waals surface area contributed by atoms with Crippen molar-refractivity contribution < 1.29 is 19.4 Å². The van der Waals surface area contributed by atoms with Crippen LogP contribution in [0.3, 0.4) is 0 Å². The predicted molar refractivity (Wildman–Crippen MR) is 102 cm³/mol. The molecule has 140 valence electrons. The number of hydrogen-bond donors (Lipinski definition) is 1. The lowest BCUT2D eigenvalue weighted by atomic mass is 9.80. The van der Waals surface area contributed by atoms with Gasteiger partial charge in [-0.05, 0) is 25.3 Å². The molecule has 1 N–H and O–H groups in total. The minimum atomic E-state index is -1.49. The molecule has 1 heterocycles. The van der Waals surface area contributed by atoms with Gasteiger partial charge in [-0.15, -0.1) is 6.58 Å². The van der Waals surface area contributed by atoms with E-state index in [-0.39, 0.29) is 12.2 Å². The van der Waals surface area contributed by atoms with Crippen LogP contribution in [-0.4, -0.2) is 28.4 Å². The Labute approximate surface area is 159 Å². The average molecular weight is 364 g/mol. The van der Waals surface area contributed by atoms with E-state index in [1.165, 1.54) is 0 Å². The van der Waals surface area contributed by atoms with Crippen molar-refractivity contribution in [3.63, 3.8) is 0 Å². The second-order valence-electron chi connectivity index (χ2n) is 7.56. The second-order valence-corrected chi connectivity index (χ2v) is 7.56. The van der Waals surface area contributed by atoms with Crippen molar-refractivity contribution in [1.29, 1.82) is 0 Å². The molecule has 0 spiro atoms. The number of ketones is 1. The predicted octanol–water partition coefficient (Wildman–Crippen LogP) is 4.00. The summed E-state index contributed by atoms with van der Waals surface area (Å²) in [6, 6.07) is 18.6. The number of ether oxygens (including phenoxy) is 2. The zero-order valence-corrected chi connectivity index (χ0v) is 15.4. The Morgan fingerprint density at radius 2 is 1.81 bits per heavy atom. The van der Waals surface area contributed by atoms with Gasteiger partial charge in [-0.3, -0.25) is 4.79 Å². The van der Waals surface area contributed by atoms with Gasteiger partial charge in [0, 0.05) is 12.0 Å². The number of carbonyl (C=O) groups is 1. The van der Waals surface area contributed by atoms with Crippen molar-refractivity contribution in [3.8, 4) is 0 Å². The van der Waals surface area contributed by atoms with Crippen LogP contribution in [0.25, 0.3) is 0 Å². The van der Waals surface area contributed by atoms with Crippen LogP contribution >= 0.6 is 0 Å². The van der Waals surface area contributed by atoms with Gasteiger partial charge in [-0.2, -0.15) is 0 Å². The largest absolute Gasteiger partial charge is 0.387 e. The summed E-state index contributed by atoms with van der Waals surface area (Å²) in [6.45, 7) is 5.56. The van der Waals surface area contributed by atoms with Gasteiger partial charge in [0.2, 0.25) is 11.6 Å². The molecule has 1 aliphatic heterocycles. The smallest absolute Gasteiger partial charge is 0.238 e. The van der Waals surface area contributed by atoms with Crippen LogP contribution in [0, 0.1) is 0 Å². The molecule has 0 bridgehead atoms. The van der Waals surface area contributed by atoms with Crippen molar-refractivity contribution >= 4 is 5.78 Å². The van der Waals surface area contributed by atoms with Crippen molar-refractivity contribution in [2.75, 3.05) is 0 Å². The maximum Gasteiger partial charge on any atom is 0.238 e. The summed E-state index contributed by atoms with van der Waals surface area (Å²) in [6.07, 6.45) is 2.58. The summed E-state index contributed by atoms with van der Waals surface area (Å²) in [7, 11) is 0. The summed E-state index contributed by atoms with van der Waals surface area (Å²) in [5, 5.41) is 11.3. The van der Waals surface area contributed by atoms with Crippen LogP contribution in [0.5, 0.6) is 0 Å². The lowest BCUT2D eigenvalue weighted by Gasteiger charge is -2.40. The quantitative estimate of drug-likeness (QED) is 0.644. The molecule has 4 heteroatoms. The van der Waals surface area contributed by atoms with Gasteiger partial charge < -0.3 is 14.6 Å². The molecule has 0 radical (unpaired) electrons. The second kappa shape index (κ2) is 6.41. The number of hydrogen-bond acceptors (Lipinski definition) is 4. The number of rotatable bonds is 5.